The quantitative estimate of drug-likeness (QED) is 0.361. The summed E-state index contributed by atoms with van der Waals surface area (Å²) in [6.45, 7) is 4.94. The van der Waals surface area contributed by atoms with Crippen molar-refractivity contribution in [3.63, 3.8) is 0 Å². The minimum absolute atomic E-state index is 0. The molecular weight excluding hydrogens is 443 g/mol. The second-order valence-corrected chi connectivity index (χ2v) is 6.99. The van der Waals surface area contributed by atoms with E-state index < -0.39 is 0 Å². The van der Waals surface area contributed by atoms with Gasteiger partial charge in [-0.2, -0.15) is 5.10 Å². The van der Waals surface area contributed by atoms with E-state index >= 15 is 0 Å². The molecule has 0 aromatic carbocycles. The molecule has 7 nitrogen and oxygen atoms in total. The minimum Gasteiger partial charge on any atom is -0.354 e. The van der Waals surface area contributed by atoms with Crippen molar-refractivity contribution in [2.45, 2.75) is 64.6 Å². The lowest BCUT2D eigenvalue weighted by Crippen LogP contribution is -2.45. The largest absolute Gasteiger partial charge is 0.354 e. The fourth-order valence-electron chi connectivity index (χ4n) is 2.80. The van der Waals surface area contributed by atoms with Crippen LogP contribution in [0.25, 0.3) is 0 Å². The lowest BCUT2D eigenvalue weighted by atomic mass is 10.3. The number of amides is 1. The lowest BCUT2D eigenvalue weighted by Gasteiger charge is -2.18. The Morgan fingerprint density at radius 1 is 1.42 bits per heavy atom. The van der Waals surface area contributed by atoms with Gasteiger partial charge in [-0.05, 0) is 32.3 Å². The summed E-state index contributed by atoms with van der Waals surface area (Å²) in [7, 11) is 3.50. The fourth-order valence-corrected chi connectivity index (χ4v) is 2.80. The standard InChI is InChI=1S/C18H32N6O.HI/c1-5-14(2)21-18(20-13-17(25)23(3)4)19-12-15-10-11-24(22-15)16-8-6-7-9-16;/h10-11,14,16H,5-9,12-13H2,1-4H3,(H2,19,20,21);1H. The Labute approximate surface area is 174 Å². The Hall–Kier alpha value is -1.32. The monoisotopic (exact) mass is 476 g/mol. The number of rotatable bonds is 7. The van der Waals surface area contributed by atoms with Crippen molar-refractivity contribution in [1.29, 1.82) is 0 Å². The first-order valence-corrected chi connectivity index (χ1v) is 9.28. The van der Waals surface area contributed by atoms with Gasteiger partial charge >= 0.3 is 0 Å². The fraction of sp³-hybridized carbons (Fsp3) is 0.722. The Morgan fingerprint density at radius 2 is 2.12 bits per heavy atom. The SMILES string of the molecule is CCC(C)NC(=NCc1ccn(C2CCCC2)n1)NCC(=O)N(C)C.I. The predicted octanol–water partition coefficient (Wildman–Crippen LogP) is 2.54. The molecule has 148 valence electrons. The van der Waals surface area contributed by atoms with E-state index in [-0.39, 0.29) is 42.5 Å². The van der Waals surface area contributed by atoms with Gasteiger partial charge in [0.15, 0.2) is 5.96 Å². The molecule has 1 aromatic heterocycles. The molecule has 1 atom stereocenters. The summed E-state index contributed by atoms with van der Waals surface area (Å²) in [6.07, 6.45) is 8.08. The molecule has 2 N–H and O–H groups in total. The van der Waals surface area contributed by atoms with Gasteiger partial charge in [-0.25, -0.2) is 4.99 Å². The van der Waals surface area contributed by atoms with Crippen molar-refractivity contribution in [3.8, 4) is 0 Å². The summed E-state index contributed by atoms with van der Waals surface area (Å²) < 4.78 is 2.09. The van der Waals surface area contributed by atoms with Crippen LogP contribution in [0.15, 0.2) is 17.3 Å². The molecule has 1 heterocycles. The number of carbonyl (C=O) groups is 1. The minimum atomic E-state index is 0. The van der Waals surface area contributed by atoms with Crippen LogP contribution in [0.1, 0.15) is 57.7 Å². The van der Waals surface area contributed by atoms with Crippen molar-refractivity contribution in [1.82, 2.24) is 25.3 Å². The summed E-state index contributed by atoms with van der Waals surface area (Å²) in [6, 6.07) is 2.87. The molecule has 0 bridgehead atoms. The van der Waals surface area contributed by atoms with Crippen LogP contribution in [0.3, 0.4) is 0 Å². The molecule has 1 unspecified atom stereocenters. The molecule has 0 spiro atoms. The van der Waals surface area contributed by atoms with Crippen LogP contribution >= 0.6 is 24.0 Å². The average molecular weight is 476 g/mol. The molecule has 1 aliphatic carbocycles. The van der Waals surface area contributed by atoms with Gasteiger partial charge in [0.25, 0.3) is 0 Å². The lowest BCUT2D eigenvalue weighted by molar-refractivity contribution is -0.127. The van der Waals surface area contributed by atoms with Gasteiger partial charge in [-0.1, -0.05) is 19.8 Å². The van der Waals surface area contributed by atoms with Crippen molar-refractivity contribution in [2.24, 2.45) is 4.99 Å². The van der Waals surface area contributed by atoms with E-state index in [2.05, 4.69) is 45.5 Å². The number of nitrogens with one attached hydrogen (secondary N) is 2. The topological polar surface area (TPSA) is 74.5 Å². The summed E-state index contributed by atoms with van der Waals surface area (Å²) in [5.74, 6) is 0.670. The van der Waals surface area contributed by atoms with Crippen LogP contribution in [0, 0.1) is 0 Å². The number of nitrogens with zero attached hydrogens (tertiary/aromatic N) is 4. The highest BCUT2D eigenvalue weighted by Gasteiger charge is 2.17. The normalized spacial score (nSPS) is 16.1. The Morgan fingerprint density at radius 3 is 2.73 bits per heavy atom. The van der Waals surface area contributed by atoms with Gasteiger partial charge in [-0.3, -0.25) is 9.48 Å². The molecule has 1 amide bonds. The number of aromatic nitrogens is 2. The third kappa shape index (κ3) is 7.13. The van der Waals surface area contributed by atoms with Gasteiger partial charge < -0.3 is 15.5 Å². The van der Waals surface area contributed by atoms with Crippen LogP contribution in [-0.2, 0) is 11.3 Å². The second-order valence-electron chi connectivity index (χ2n) is 6.99. The van der Waals surface area contributed by atoms with Gasteiger partial charge in [0.1, 0.15) is 0 Å². The zero-order chi connectivity index (χ0) is 18.2. The molecular formula is C18H33IN6O. The van der Waals surface area contributed by atoms with E-state index in [4.69, 9.17) is 0 Å². The third-order valence-corrected chi connectivity index (χ3v) is 4.66. The number of guanidine groups is 1. The third-order valence-electron chi connectivity index (χ3n) is 4.66. The molecule has 2 rings (SSSR count). The molecule has 0 saturated heterocycles. The van der Waals surface area contributed by atoms with Crippen LogP contribution < -0.4 is 10.6 Å². The highest BCUT2D eigenvalue weighted by molar-refractivity contribution is 14.0. The molecule has 1 fully saturated rings. The average Bonchev–Trinajstić information content (AvgIpc) is 3.27. The van der Waals surface area contributed by atoms with Crippen LogP contribution in [0.2, 0.25) is 0 Å². The highest BCUT2D eigenvalue weighted by atomic mass is 127. The van der Waals surface area contributed by atoms with Gasteiger partial charge in [0.2, 0.25) is 5.91 Å². The predicted molar refractivity (Wildman–Crippen MR) is 116 cm³/mol. The summed E-state index contributed by atoms with van der Waals surface area (Å²) in [5.41, 5.74) is 0.955. The first kappa shape index (κ1) is 22.7. The molecule has 1 aromatic rings. The first-order chi connectivity index (χ1) is 12.0. The van der Waals surface area contributed by atoms with Gasteiger partial charge in [-0.15, -0.1) is 24.0 Å². The van der Waals surface area contributed by atoms with Gasteiger partial charge in [0, 0.05) is 26.3 Å². The van der Waals surface area contributed by atoms with Gasteiger partial charge in [0.05, 0.1) is 24.8 Å². The van der Waals surface area contributed by atoms with E-state index in [1.54, 1.807) is 19.0 Å². The first-order valence-electron chi connectivity index (χ1n) is 9.28. The molecule has 0 radical (unpaired) electrons. The van der Waals surface area contributed by atoms with Crippen molar-refractivity contribution < 1.29 is 4.79 Å². The maximum Gasteiger partial charge on any atom is 0.241 e. The van der Waals surface area contributed by atoms with Crippen LogP contribution in [0.4, 0.5) is 0 Å². The van der Waals surface area contributed by atoms with Crippen LogP contribution in [-0.4, -0.2) is 53.2 Å². The molecule has 0 aliphatic heterocycles. The number of likely N-dealkylation sites (N-methyl/N-ethyl adjacent to an activating group) is 1. The van der Waals surface area contributed by atoms with Crippen molar-refractivity contribution >= 4 is 35.8 Å². The van der Waals surface area contributed by atoms with Crippen LogP contribution in [0.5, 0.6) is 0 Å². The van der Waals surface area contributed by atoms with E-state index in [9.17, 15) is 4.79 Å². The Balaban J connectivity index is 0.00000338. The summed E-state index contributed by atoms with van der Waals surface area (Å²) in [4.78, 5) is 18.0. The molecule has 1 aliphatic rings. The second kappa shape index (κ2) is 11.4. The zero-order valence-corrected chi connectivity index (χ0v) is 18.7. The number of hydrogen-bond acceptors (Lipinski definition) is 3. The van der Waals surface area contributed by atoms with E-state index in [1.807, 2.05) is 6.07 Å². The summed E-state index contributed by atoms with van der Waals surface area (Å²) >= 11 is 0. The van der Waals surface area contributed by atoms with E-state index in [0.29, 0.717) is 18.5 Å². The smallest absolute Gasteiger partial charge is 0.241 e. The number of halogens is 1. The number of aliphatic imine (C=N–C) groups is 1. The summed E-state index contributed by atoms with van der Waals surface area (Å²) in [5, 5.41) is 11.1. The molecule has 26 heavy (non-hydrogen) atoms. The molecule has 8 heteroatoms. The van der Waals surface area contributed by atoms with E-state index in [0.717, 1.165) is 12.1 Å². The number of hydrogen-bond donors (Lipinski definition) is 2. The maximum atomic E-state index is 11.8. The zero-order valence-electron chi connectivity index (χ0n) is 16.4. The van der Waals surface area contributed by atoms with Crippen molar-refractivity contribution in [3.05, 3.63) is 18.0 Å². The van der Waals surface area contributed by atoms with E-state index in [1.165, 1.54) is 25.7 Å². The molecule has 1 saturated carbocycles. The Bertz CT molecular complexity index is 580. The Kier molecular flexibility index (Phi) is 9.97. The van der Waals surface area contributed by atoms with Crippen molar-refractivity contribution in [2.75, 3.05) is 20.6 Å². The highest BCUT2D eigenvalue weighted by Crippen LogP contribution is 2.28. The number of carbonyl (C=O) groups excluding carboxylic acids is 1. The maximum absolute atomic E-state index is 11.8.